The van der Waals surface area contributed by atoms with Gasteiger partial charge in [0.2, 0.25) is 0 Å². The maximum absolute atomic E-state index is 11.8. The number of benzene rings is 1. The number of hydrogen-bond acceptors (Lipinski definition) is 4. The molecule has 0 bridgehead atoms. The summed E-state index contributed by atoms with van der Waals surface area (Å²) in [6.07, 6.45) is 0.709. The highest BCUT2D eigenvalue weighted by Crippen LogP contribution is 2.21. The Morgan fingerprint density at radius 3 is 2.75 bits per heavy atom. The Hall–Kier alpha value is -2.04. The van der Waals surface area contributed by atoms with Crippen LogP contribution in [0.3, 0.4) is 0 Å². The summed E-state index contributed by atoms with van der Waals surface area (Å²) in [5, 5.41) is 0. The lowest BCUT2D eigenvalue weighted by atomic mass is 9.91. The predicted molar refractivity (Wildman–Crippen MR) is 75.5 cm³/mol. The number of rotatable bonds is 5. The van der Waals surface area contributed by atoms with Crippen LogP contribution in [0.4, 0.5) is 0 Å². The molecule has 0 aliphatic heterocycles. The lowest BCUT2D eigenvalue weighted by molar-refractivity contribution is -0.154. The number of oxazole rings is 1. The van der Waals surface area contributed by atoms with Gasteiger partial charge in [0, 0.05) is 0 Å². The molecule has 0 aliphatic carbocycles. The smallest absolute Gasteiger partial charge is 0.420 e. The Morgan fingerprint density at radius 1 is 1.35 bits per heavy atom. The van der Waals surface area contributed by atoms with E-state index in [0.29, 0.717) is 24.1 Å². The molecule has 108 valence electrons. The Labute approximate surface area is 117 Å². The van der Waals surface area contributed by atoms with E-state index < -0.39 is 11.2 Å². The number of esters is 1. The summed E-state index contributed by atoms with van der Waals surface area (Å²) in [5.41, 5.74) is 0.754. The molecule has 5 heteroatoms. The lowest BCUT2D eigenvalue weighted by Gasteiger charge is -2.20. The number of aromatic nitrogens is 1. The summed E-state index contributed by atoms with van der Waals surface area (Å²) in [5.74, 6) is -0.683. The molecule has 0 fully saturated rings. The van der Waals surface area contributed by atoms with Crippen LogP contribution >= 0.6 is 0 Å². The van der Waals surface area contributed by atoms with Gasteiger partial charge in [-0.05, 0) is 32.4 Å². The maximum Gasteiger partial charge on any atom is 0.420 e. The van der Waals surface area contributed by atoms with Crippen molar-refractivity contribution in [1.29, 1.82) is 0 Å². The van der Waals surface area contributed by atoms with E-state index >= 15 is 0 Å². The van der Waals surface area contributed by atoms with Crippen molar-refractivity contribution in [3.05, 3.63) is 34.8 Å². The van der Waals surface area contributed by atoms with Gasteiger partial charge >= 0.3 is 11.7 Å². The summed E-state index contributed by atoms with van der Waals surface area (Å²) >= 11 is 0. The number of carbonyl (C=O) groups excluding carboxylic acids is 1. The fraction of sp³-hybridized carbons (Fsp3) is 0.467. The first-order valence-electron chi connectivity index (χ1n) is 6.71. The highest BCUT2D eigenvalue weighted by molar-refractivity contribution is 5.75. The van der Waals surface area contributed by atoms with Crippen molar-refractivity contribution < 1.29 is 13.9 Å². The third-order valence-electron chi connectivity index (χ3n) is 3.56. The van der Waals surface area contributed by atoms with E-state index in [4.69, 9.17) is 9.15 Å². The molecule has 0 aliphatic rings. The zero-order valence-electron chi connectivity index (χ0n) is 12.0. The molecule has 0 atom stereocenters. The summed E-state index contributed by atoms with van der Waals surface area (Å²) in [7, 11) is 0. The lowest BCUT2D eigenvalue weighted by Crippen LogP contribution is -2.28. The van der Waals surface area contributed by atoms with Crippen LogP contribution in [-0.4, -0.2) is 17.1 Å². The van der Waals surface area contributed by atoms with Crippen LogP contribution in [0.2, 0.25) is 0 Å². The molecular formula is C15H19NO4. The normalized spacial score (nSPS) is 11.8. The van der Waals surface area contributed by atoms with Crippen LogP contribution in [0.1, 0.15) is 27.2 Å². The van der Waals surface area contributed by atoms with E-state index in [2.05, 4.69) is 0 Å². The van der Waals surface area contributed by atoms with Crippen LogP contribution in [0.15, 0.2) is 33.5 Å². The van der Waals surface area contributed by atoms with Gasteiger partial charge in [-0.1, -0.05) is 19.1 Å². The van der Waals surface area contributed by atoms with Gasteiger partial charge in [0.25, 0.3) is 0 Å². The van der Waals surface area contributed by atoms with Gasteiger partial charge in [0.05, 0.1) is 17.5 Å². The van der Waals surface area contributed by atoms with E-state index in [1.54, 1.807) is 18.2 Å². The number of fused-ring (bicyclic) bond motifs is 1. The maximum atomic E-state index is 11.8. The molecular weight excluding hydrogens is 258 g/mol. The first-order chi connectivity index (χ1) is 9.45. The molecule has 0 unspecified atom stereocenters. The van der Waals surface area contributed by atoms with Crippen LogP contribution in [0.25, 0.3) is 11.1 Å². The number of ether oxygens (including phenoxy) is 1. The van der Waals surface area contributed by atoms with Gasteiger partial charge < -0.3 is 9.15 Å². The van der Waals surface area contributed by atoms with Gasteiger partial charge in [0.15, 0.2) is 5.58 Å². The van der Waals surface area contributed by atoms with E-state index in [1.807, 2.05) is 26.8 Å². The molecule has 0 saturated carbocycles. The van der Waals surface area contributed by atoms with Crippen molar-refractivity contribution in [1.82, 2.24) is 4.57 Å². The second-order valence-corrected chi connectivity index (χ2v) is 5.36. The minimum absolute atomic E-state index is 0.158. The summed E-state index contributed by atoms with van der Waals surface area (Å²) in [6, 6.07) is 7.18. The molecule has 20 heavy (non-hydrogen) atoms. The molecule has 5 nitrogen and oxygen atoms in total. The monoisotopic (exact) mass is 277 g/mol. The molecule has 2 aromatic rings. The second-order valence-electron chi connectivity index (χ2n) is 5.36. The van der Waals surface area contributed by atoms with E-state index in [9.17, 15) is 9.59 Å². The zero-order valence-corrected chi connectivity index (χ0v) is 12.0. The SMILES string of the molecule is CCC(C)(C)C(=O)OCCn1c(=O)oc2ccccc21. The van der Waals surface area contributed by atoms with Gasteiger partial charge in [-0.15, -0.1) is 0 Å². The van der Waals surface area contributed by atoms with Crippen LogP contribution in [-0.2, 0) is 16.1 Å². The van der Waals surface area contributed by atoms with Crippen molar-refractivity contribution in [2.75, 3.05) is 6.61 Å². The fourth-order valence-electron chi connectivity index (χ4n) is 1.80. The average Bonchev–Trinajstić information content (AvgIpc) is 2.75. The van der Waals surface area contributed by atoms with Crippen LogP contribution < -0.4 is 5.76 Å². The summed E-state index contributed by atoms with van der Waals surface area (Å²) < 4.78 is 11.8. The fourth-order valence-corrected chi connectivity index (χ4v) is 1.80. The van der Waals surface area contributed by atoms with E-state index in [-0.39, 0.29) is 12.6 Å². The quantitative estimate of drug-likeness (QED) is 0.788. The van der Waals surface area contributed by atoms with Gasteiger partial charge in [-0.25, -0.2) is 4.79 Å². The molecule has 0 radical (unpaired) electrons. The largest absolute Gasteiger partial charge is 0.463 e. The zero-order chi connectivity index (χ0) is 14.8. The number of nitrogens with zero attached hydrogens (tertiary/aromatic N) is 1. The van der Waals surface area contributed by atoms with E-state index in [1.165, 1.54) is 4.57 Å². The second kappa shape index (κ2) is 5.53. The van der Waals surface area contributed by atoms with Gasteiger partial charge in [-0.2, -0.15) is 0 Å². The number of para-hydroxylation sites is 2. The molecule has 1 aromatic heterocycles. The van der Waals surface area contributed by atoms with E-state index in [0.717, 1.165) is 0 Å². The van der Waals surface area contributed by atoms with Crippen molar-refractivity contribution in [2.45, 2.75) is 33.7 Å². The highest BCUT2D eigenvalue weighted by atomic mass is 16.5. The molecule has 0 saturated heterocycles. The summed E-state index contributed by atoms with van der Waals surface area (Å²) in [6.45, 7) is 6.08. The molecule has 0 amide bonds. The van der Waals surface area contributed by atoms with Crippen molar-refractivity contribution in [3.8, 4) is 0 Å². The van der Waals surface area contributed by atoms with Crippen molar-refractivity contribution >= 4 is 17.1 Å². The summed E-state index contributed by atoms with van der Waals surface area (Å²) in [4.78, 5) is 23.6. The number of hydrogen-bond donors (Lipinski definition) is 0. The third-order valence-corrected chi connectivity index (χ3v) is 3.56. The van der Waals surface area contributed by atoms with Gasteiger partial charge in [0.1, 0.15) is 6.61 Å². The molecule has 2 rings (SSSR count). The Bertz CT molecular complexity index is 666. The Balaban J connectivity index is 2.06. The van der Waals surface area contributed by atoms with Gasteiger partial charge in [-0.3, -0.25) is 9.36 Å². The minimum atomic E-state index is -0.497. The Morgan fingerprint density at radius 2 is 2.05 bits per heavy atom. The first kappa shape index (κ1) is 14.4. The molecule has 0 spiro atoms. The van der Waals surface area contributed by atoms with Crippen LogP contribution in [0, 0.1) is 5.41 Å². The highest BCUT2D eigenvalue weighted by Gasteiger charge is 2.26. The Kier molecular flexibility index (Phi) is 3.97. The molecule has 1 aromatic carbocycles. The standard InChI is InChI=1S/C15H19NO4/c1-4-15(2,3)13(17)19-10-9-16-11-7-5-6-8-12(11)20-14(16)18/h5-8H,4,9-10H2,1-3H3. The van der Waals surface area contributed by atoms with Crippen molar-refractivity contribution in [3.63, 3.8) is 0 Å². The molecule has 0 N–H and O–H groups in total. The number of carbonyl (C=O) groups is 1. The van der Waals surface area contributed by atoms with Crippen molar-refractivity contribution in [2.24, 2.45) is 5.41 Å². The first-order valence-corrected chi connectivity index (χ1v) is 6.71. The topological polar surface area (TPSA) is 61.4 Å². The minimum Gasteiger partial charge on any atom is -0.463 e. The predicted octanol–water partition coefficient (Wildman–Crippen LogP) is 2.57. The molecule has 1 heterocycles. The average molecular weight is 277 g/mol. The van der Waals surface area contributed by atoms with Crippen LogP contribution in [0.5, 0.6) is 0 Å². The third kappa shape index (κ3) is 2.76.